The van der Waals surface area contributed by atoms with Gasteiger partial charge in [0.15, 0.2) is 0 Å². The Morgan fingerprint density at radius 3 is 2.00 bits per heavy atom. The number of hydrogen-bond donors (Lipinski definition) is 2. The minimum absolute atomic E-state index is 0.0287. The normalized spacial score (nSPS) is 18.1. The van der Waals surface area contributed by atoms with Crippen LogP contribution in [0.3, 0.4) is 0 Å². The van der Waals surface area contributed by atoms with Gasteiger partial charge in [-0.05, 0) is 62.4 Å². The van der Waals surface area contributed by atoms with E-state index in [4.69, 9.17) is 4.74 Å². The van der Waals surface area contributed by atoms with Crippen LogP contribution >= 0.6 is 0 Å². The number of allylic oxidation sites excluding steroid dienone is 1. The van der Waals surface area contributed by atoms with Crippen LogP contribution in [0.2, 0.25) is 0 Å². The van der Waals surface area contributed by atoms with E-state index in [1.165, 1.54) is 52.0 Å². The molecule has 0 radical (unpaired) electrons. The molecule has 2 heterocycles. The van der Waals surface area contributed by atoms with E-state index in [-0.39, 0.29) is 30.1 Å². The second-order valence-electron chi connectivity index (χ2n) is 11.1. The molecule has 4 amide bonds. The fourth-order valence-corrected chi connectivity index (χ4v) is 4.84. The first-order valence-electron chi connectivity index (χ1n) is 14.0. The van der Waals surface area contributed by atoms with Gasteiger partial charge in [-0.3, -0.25) is 24.0 Å². The lowest BCUT2D eigenvalue weighted by Crippen LogP contribution is -2.58. The fourth-order valence-electron chi connectivity index (χ4n) is 4.84. The second-order valence-corrected chi connectivity index (χ2v) is 11.1. The van der Waals surface area contributed by atoms with E-state index in [2.05, 4.69) is 5.32 Å². The van der Waals surface area contributed by atoms with E-state index in [0.29, 0.717) is 43.9 Å². The highest BCUT2D eigenvalue weighted by atomic mass is 19.4. The van der Waals surface area contributed by atoms with Gasteiger partial charge >= 0.3 is 12.1 Å². The SMILES string of the molecule is CC(C)=C(NC(=O)c1ccc(C(=O)N2CCOCC2)cc1)C(=O)N1CCC[C@H]1C(=O)N[C@H](C(=O)C(F)(F)C(F)(F)F)C(C)C. The van der Waals surface area contributed by atoms with Gasteiger partial charge in [0.2, 0.25) is 11.7 Å². The number of nitrogens with one attached hydrogen (secondary N) is 2. The maximum Gasteiger partial charge on any atom is 0.461 e. The van der Waals surface area contributed by atoms with Gasteiger partial charge in [0.1, 0.15) is 11.7 Å². The van der Waals surface area contributed by atoms with Crippen molar-refractivity contribution in [2.24, 2.45) is 5.92 Å². The smallest absolute Gasteiger partial charge is 0.378 e. The van der Waals surface area contributed by atoms with Gasteiger partial charge in [0.25, 0.3) is 17.7 Å². The summed E-state index contributed by atoms with van der Waals surface area (Å²) in [5, 5.41) is 4.51. The Hall–Kier alpha value is -3.88. The number of halogens is 5. The molecule has 2 aliphatic heterocycles. The molecule has 0 aliphatic carbocycles. The lowest BCUT2D eigenvalue weighted by molar-refractivity contribution is -0.270. The minimum atomic E-state index is -6.15. The highest BCUT2D eigenvalue weighted by Gasteiger charge is 2.64. The molecule has 242 valence electrons. The topological polar surface area (TPSA) is 125 Å². The summed E-state index contributed by atoms with van der Waals surface area (Å²) in [6.45, 7) is 7.24. The standard InChI is InChI=1S/C29H35F5N4O6/c1-16(2)21(23(39)28(30,31)29(32,33)34)35-25(41)20-6-5-11-38(20)27(43)22(17(3)4)36-24(40)18-7-9-19(10-8-18)26(42)37-12-14-44-15-13-37/h7-10,16,20-21H,5-6,11-15H2,1-4H3,(H,35,41)(H,36,40)/t20-,21-/m0/s1. The predicted molar refractivity (Wildman–Crippen MR) is 147 cm³/mol. The highest BCUT2D eigenvalue weighted by molar-refractivity contribution is 6.05. The van der Waals surface area contributed by atoms with Crippen molar-refractivity contribution in [3.05, 3.63) is 46.7 Å². The van der Waals surface area contributed by atoms with Gasteiger partial charge in [0.05, 0.1) is 19.3 Å². The van der Waals surface area contributed by atoms with Crippen molar-refractivity contribution in [3.63, 3.8) is 0 Å². The van der Waals surface area contributed by atoms with Gasteiger partial charge in [-0.1, -0.05) is 13.8 Å². The van der Waals surface area contributed by atoms with Crippen molar-refractivity contribution in [2.75, 3.05) is 32.8 Å². The van der Waals surface area contributed by atoms with Crippen LogP contribution in [0.1, 0.15) is 61.3 Å². The van der Waals surface area contributed by atoms with Crippen LogP contribution in [0.5, 0.6) is 0 Å². The van der Waals surface area contributed by atoms with E-state index in [0.717, 1.165) is 4.90 Å². The minimum Gasteiger partial charge on any atom is -0.378 e. The number of hydrogen-bond acceptors (Lipinski definition) is 6. The third-order valence-corrected chi connectivity index (χ3v) is 7.37. The molecule has 2 saturated heterocycles. The lowest BCUT2D eigenvalue weighted by Gasteiger charge is -2.30. The van der Waals surface area contributed by atoms with Crippen molar-refractivity contribution < 1.29 is 50.7 Å². The summed E-state index contributed by atoms with van der Waals surface area (Å²) in [6, 6.07) is 2.34. The highest BCUT2D eigenvalue weighted by Crippen LogP contribution is 2.37. The number of ether oxygens (including phenoxy) is 1. The summed E-state index contributed by atoms with van der Waals surface area (Å²) in [5.41, 5.74) is 0.700. The predicted octanol–water partition coefficient (Wildman–Crippen LogP) is 3.08. The van der Waals surface area contributed by atoms with Crippen LogP contribution in [0.25, 0.3) is 0 Å². The Labute approximate surface area is 250 Å². The summed E-state index contributed by atoms with van der Waals surface area (Å²) < 4.78 is 71.4. The zero-order valence-electron chi connectivity index (χ0n) is 24.7. The quantitative estimate of drug-likeness (QED) is 0.319. The average Bonchev–Trinajstić information content (AvgIpc) is 3.47. The molecule has 10 nitrogen and oxygen atoms in total. The van der Waals surface area contributed by atoms with Crippen molar-refractivity contribution >= 4 is 29.4 Å². The van der Waals surface area contributed by atoms with E-state index in [1.807, 2.05) is 5.32 Å². The van der Waals surface area contributed by atoms with Crippen LogP contribution in [0.15, 0.2) is 35.5 Å². The molecule has 0 spiro atoms. The number of likely N-dealkylation sites (tertiary alicyclic amines) is 1. The van der Waals surface area contributed by atoms with Crippen LogP contribution < -0.4 is 10.6 Å². The summed E-state index contributed by atoms with van der Waals surface area (Å²) in [4.78, 5) is 67.2. The molecule has 0 saturated carbocycles. The number of morpholine rings is 1. The molecule has 2 aliphatic rings. The summed E-state index contributed by atoms with van der Waals surface area (Å²) in [7, 11) is 0. The van der Waals surface area contributed by atoms with Crippen LogP contribution in [0.4, 0.5) is 22.0 Å². The number of alkyl halides is 5. The Balaban J connectivity index is 1.72. The third-order valence-electron chi connectivity index (χ3n) is 7.37. The fraction of sp³-hybridized carbons (Fsp3) is 0.552. The van der Waals surface area contributed by atoms with Crippen LogP contribution in [0, 0.1) is 5.92 Å². The maximum absolute atomic E-state index is 13.8. The number of Topliss-reactive ketones (excluding diaryl/α,β-unsaturated/α-hetero) is 1. The number of rotatable bonds is 9. The van der Waals surface area contributed by atoms with Gasteiger partial charge in [-0.15, -0.1) is 0 Å². The second kappa shape index (κ2) is 13.8. The first kappa shape index (κ1) is 34.6. The van der Waals surface area contributed by atoms with Crippen LogP contribution in [-0.2, 0) is 19.1 Å². The Morgan fingerprint density at radius 2 is 1.48 bits per heavy atom. The summed E-state index contributed by atoms with van der Waals surface area (Å²) in [6.07, 6.45) is -5.80. The molecular weight excluding hydrogens is 595 g/mol. The summed E-state index contributed by atoms with van der Waals surface area (Å²) in [5.74, 6) is -12.0. The van der Waals surface area contributed by atoms with Gasteiger partial charge < -0.3 is 25.2 Å². The molecule has 0 aromatic heterocycles. The molecule has 3 rings (SSSR count). The lowest BCUT2D eigenvalue weighted by atomic mass is 9.95. The van der Waals surface area contributed by atoms with Crippen molar-refractivity contribution in [1.29, 1.82) is 0 Å². The molecular formula is C29H35F5N4O6. The average molecular weight is 631 g/mol. The molecule has 2 fully saturated rings. The Kier molecular flexibility index (Phi) is 10.9. The molecule has 1 aromatic rings. The van der Waals surface area contributed by atoms with Gasteiger partial charge in [-0.2, -0.15) is 22.0 Å². The largest absolute Gasteiger partial charge is 0.461 e. The molecule has 0 bridgehead atoms. The number of carbonyl (C=O) groups excluding carboxylic acids is 5. The van der Waals surface area contributed by atoms with Crippen LogP contribution in [-0.4, -0.2) is 96.2 Å². The molecule has 1 aromatic carbocycles. The third kappa shape index (κ3) is 7.60. The zero-order chi connectivity index (χ0) is 33.0. The molecule has 2 N–H and O–H groups in total. The van der Waals surface area contributed by atoms with E-state index in [1.54, 1.807) is 4.90 Å². The van der Waals surface area contributed by atoms with E-state index >= 15 is 0 Å². The van der Waals surface area contributed by atoms with Crippen molar-refractivity contribution in [3.8, 4) is 0 Å². The molecule has 2 atom stereocenters. The number of benzene rings is 1. The first-order chi connectivity index (χ1) is 20.5. The van der Waals surface area contributed by atoms with E-state index in [9.17, 15) is 45.9 Å². The van der Waals surface area contributed by atoms with E-state index < -0.39 is 53.6 Å². The first-order valence-corrected chi connectivity index (χ1v) is 14.0. The number of nitrogens with zero attached hydrogens (tertiary/aromatic N) is 2. The molecule has 0 unspecified atom stereocenters. The van der Waals surface area contributed by atoms with Crippen molar-refractivity contribution in [1.82, 2.24) is 20.4 Å². The Bertz CT molecular complexity index is 1300. The van der Waals surface area contributed by atoms with Gasteiger partial charge in [-0.25, -0.2) is 0 Å². The van der Waals surface area contributed by atoms with Crippen molar-refractivity contribution in [2.45, 2.75) is 64.7 Å². The number of amides is 4. The number of ketones is 1. The van der Waals surface area contributed by atoms with Gasteiger partial charge in [0, 0.05) is 30.8 Å². The maximum atomic E-state index is 13.8. The monoisotopic (exact) mass is 630 g/mol. The molecule has 15 heteroatoms. The summed E-state index contributed by atoms with van der Waals surface area (Å²) >= 11 is 0. The zero-order valence-corrected chi connectivity index (χ0v) is 24.7. The Morgan fingerprint density at radius 1 is 0.909 bits per heavy atom. The number of carbonyl (C=O) groups is 5. The molecule has 44 heavy (non-hydrogen) atoms.